The number of amides is 1. The molecule has 0 aliphatic carbocycles. The highest BCUT2D eigenvalue weighted by atomic mass is 16.4. The van der Waals surface area contributed by atoms with Gasteiger partial charge in [-0.25, -0.2) is 0 Å². The zero-order chi connectivity index (χ0) is 18.7. The molecule has 7 heteroatoms. The first kappa shape index (κ1) is 18.6. The first-order valence-electron chi connectivity index (χ1n) is 9.34. The molecule has 2 aliphatic heterocycles. The molecule has 0 aromatic carbocycles. The lowest BCUT2D eigenvalue weighted by molar-refractivity contribution is -0.142. The molecule has 1 amide bonds. The smallest absolute Gasteiger partial charge is 0.320 e. The molecule has 26 heavy (non-hydrogen) atoms. The lowest BCUT2D eigenvalue weighted by Crippen LogP contribution is -2.46. The number of hydrogen-bond donors (Lipinski definition) is 1. The van der Waals surface area contributed by atoms with Gasteiger partial charge < -0.3 is 14.6 Å². The Balaban J connectivity index is 1.60. The second-order valence-corrected chi connectivity index (χ2v) is 7.58. The average Bonchev–Trinajstić information content (AvgIpc) is 2.96. The van der Waals surface area contributed by atoms with Crippen molar-refractivity contribution in [2.24, 2.45) is 5.41 Å². The molecule has 7 nitrogen and oxygen atoms in total. The van der Waals surface area contributed by atoms with E-state index in [4.69, 9.17) is 0 Å². The number of likely N-dealkylation sites (tertiary alicyclic amines) is 2. The Morgan fingerprint density at radius 3 is 2.62 bits per heavy atom. The second-order valence-electron chi connectivity index (χ2n) is 7.58. The van der Waals surface area contributed by atoms with E-state index in [-0.39, 0.29) is 23.4 Å². The molecule has 0 saturated carbocycles. The number of carbonyl (C=O) groups excluding carboxylic acids is 1. The molecule has 1 unspecified atom stereocenters. The van der Waals surface area contributed by atoms with Crippen LogP contribution in [0.3, 0.4) is 0 Å². The molecule has 2 saturated heterocycles. The lowest BCUT2D eigenvalue weighted by Gasteiger charge is -2.39. The van der Waals surface area contributed by atoms with Crippen molar-refractivity contribution in [1.82, 2.24) is 14.4 Å². The van der Waals surface area contributed by atoms with Crippen LogP contribution in [-0.2, 0) is 16.1 Å². The summed E-state index contributed by atoms with van der Waals surface area (Å²) in [6, 6.07) is 4.45. The van der Waals surface area contributed by atoms with Crippen molar-refractivity contribution in [2.75, 3.05) is 26.2 Å². The van der Waals surface area contributed by atoms with Crippen LogP contribution in [0.15, 0.2) is 29.2 Å². The van der Waals surface area contributed by atoms with Gasteiger partial charge in [-0.05, 0) is 43.7 Å². The maximum absolute atomic E-state index is 12.5. The Morgan fingerprint density at radius 2 is 2.00 bits per heavy atom. The number of carboxylic acid groups (broad SMARTS) is 1. The van der Waals surface area contributed by atoms with E-state index in [1.807, 2.05) is 4.90 Å². The van der Waals surface area contributed by atoms with E-state index in [0.717, 1.165) is 32.4 Å². The highest BCUT2D eigenvalue weighted by Crippen LogP contribution is 2.43. The molecule has 142 valence electrons. The zero-order valence-electron chi connectivity index (χ0n) is 15.3. The van der Waals surface area contributed by atoms with E-state index in [9.17, 15) is 19.5 Å². The minimum Gasteiger partial charge on any atom is -0.480 e. The summed E-state index contributed by atoms with van der Waals surface area (Å²) in [7, 11) is 0. The zero-order valence-corrected chi connectivity index (χ0v) is 15.3. The molecule has 0 bridgehead atoms. The summed E-state index contributed by atoms with van der Waals surface area (Å²) in [6.07, 6.45) is 4.89. The molecule has 3 rings (SSSR count). The first-order valence-corrected chi connectivity index (χ1v) is 9.34. The Labute approximate surface area is 153 Å². The molecule has 1 aromatic rings. The molecule has 1 aromatic heterocycles. The van der Waals surface area contributed by atoms with Gasteiger partial charge in [0.2, 0.25) is 5.91 Å². The molecular formula is C19H27N3O4. The third-order valence-corrected chi connectivity index (χ3v) is 5.78. The largest absolute Gasteiger partial charge is 0.480 e. The van der Waals surface area contributed by atoms with Gasteiger partial charge in [0.05, 0.1) is 0 Å². The summed E-state index contributed by atoms with van der Waals surface area (Å²) in [6.45, 7) is 5.00. The third-order valence-electron chi connectivity index (χ3n) is 5.78. The topological polar surface area (TPSA) is 82.8 Å². The molecule has 2 fully saturated rings. The summed E-state index contributed by atoms with van der Waals surface area (Å²) in [5, 5.41) is 9.52. The van der Waals surface area contributed by atoms with Gasteiger partial charge in [0.25, 0.3) is 5.56 Å². The standard InChI is InChI=1S/C19H27N3O4/c1-2-8-22-14-19(12-15(22)18(25)26)6-10-20(11-7-19)17(24)13-21-9-4-3-5-16(21)23/h3-5,9,15H,2,6-8,10-14H2,1H3,(H,25,26). The van der Waals surface area contributed by atoms with Crippen LogP contribution in [0.5, 0.6) is 0 Å². The van der Waals surface area contributed by atoms with Crippen LogP contribution in [0.25, 0.3) is 0 Å². The number of rotatable bonds is 5. The minimum atomic E-state index is -0.739. The Hall–Kier alpha value is -2.15. The monoisotopic (exact) mass is 361 g/mol. The van der Waals surface area contributed by atoms with Crippen molar-refractivity contribution < 1.29 is 14.7 Å². The van der Waals surface area contributed by atoms with Crippen LogP contribution in [0.1, 0.15) is 32.6 Å². The molecule has 1 spiro atoms. The van der Waals surface area contributed by atoms with E-state index in [1.165, 1.54) is 10.6 Å². The fourth-order valence-corrected chi connectivity index (χ4v) is 4.34. The lowest BCUT2D eigenvalue weighted by atomic mass is 9.76. The summed E-state index contributed by atoms with van der Waals surface area (Å²) in [5.74, 6) is -0.788. The minimum absolute atomic E-state index is 0.00140. The quantitative estimate of drug-likeness (QED) is 0.847. The second kappa shape index (κ2) is 7.61. The number of pyridine rings is 1. The fourth-order valence-electron chi connectivity index (χ4n) is 4.34. The van der Waals surface area contributed by atoms with E-state index in [1.54, 1.807) is 18.3 Å². The molecular weight excluding hydrogens is 334 g/mol. The van der Waals surface area contributed by atoms with Crippen molar-refractivity contribution >= 4 is 11.9 Å². The van der Waals surface area contributed by atoms with E-state index < -0.39 is 12.0 Å². The van der Waals surface area contributed by atoms with Crippen LogP contribution in [0, 0.1) is 5.41 Å². The van der Waals surface area contributed by atoms with Gasteiger partial charge >= 0.3 is 5.97 Å². The van der Waals surface area contributed by atoms with Gasteiger partial charge in [0.15, 0.2) is 0 Å². The Bertz CT molecular complexity index is 721. The Morgan fingerprint density at radius 1 is 1.27 bits per heavy atom. The molecule has 1 N–H and O–H groups in total. The van der Waals surface area contributed by atoms with Crippen molar-refractivity contribution in [3.63, 3.8) is 0 Å². The van der Waals surface area contributed by atoms with Crippen LogP contribution < -0.4 is 5.56 Å². The predicted molar refractivity (Wildman–Crippen MR) is 96.9 cm³/mol. The van der Waals surface area contributed by atoms with Gasteiger partial charge in [-0.1, -0.05) is 13.0 Å². The third kappa shape index (κ3) is 3.82. The summed E-state index contributed by atoms with van der Waals surface area (Å²) >= 11 is 0. The van der Waals surface area contributed by atoms with E-state index in [0.29, 0.717) is 19.5 Å². The van der Waals surface area contributed by atoms with Crippen LogP contribution >= 0.6 is 0 Å². The van der Waals surface area contributed by atoms with Crippen molar-refractivity contribution in [2.45, 2.75) is 45.2 Å². The van der Waals surface area contributed by atoms with Crippen LogP contribution in [0.2, 0.25) is 0 Å². The summed E-state index contributed by atoms with van der Waals surface area (Å²) in [5.41, 5.74) is -0.178. The average molecular weight is 361 g/mol. The number of carbonyl (C=O) groups is 2. The van der Waals surface area contributed by atoms with E-state index >= 15 is 0 Å². The first-order chi connectivity index (χ1) is 12.4. The Kier molecular flexibility index (Phi) is 5.46. The molecule has 0 radical (unpaired) electrons. The van der Waals surface area contributed by atoms with Crippen molar-refractivity contribution in [1.29, 1.82) is 0 Å². The normalized spacial score (nSPS) is 22.7. The number of aliphatic carboxylic acids is 1. The maximum atomic E-state index is 12.5. The summed E-state index contributed by atoms with van der Waals surface area (Å²) < 4.78 is 1.42. The maximum Gasteiger partial charge on any atom is 0.320 e. The van der Waals surface area contributed by atoms with Gasteiger partial charge in [-0.2, -0.15) is 0 Å². The summed E-state index contributed by atoms with van der Waals surface area (Å²) in [4.78, 5) is 39.8. The molecule has 3 heterocycles. The van der Waals surface area contributed by atoms with E-state index in [2.05, 4.69) is 11.8 Å². The highest BCUT2D eigenvalue weighted by Gasteiger charge is 2.48. The molecule has 2 aliphatic rings. The van der Waals surface area contributed by atoms with Crippen molar-refractivity contribution in [3.05, 3.63) is 34.7 Å². The SMILES string of the molecule is CCCN1CC2(CCN(C(=O)Cn3ccccc3=O)CC2)CC1C(=O)O. The van der Waals surface area contributed by atoms with Gasteiger partial charge in [0.1, 0.15) is 12.6 Å². The van der Waals surface area contributed by atoms with Gasteiger partial charge in [0, 0.05) is 31.9 Å². The van der Waals surface area contributed by atoms with Crippen molar-refractivity contribution in [3.8, 4) is 0 Å². The fraction of sp³-hybridized carbons (Fsp3) is 0.632. The number of nitrogens with zero attached hydrogens (tertiary/aromatic N) is 3. The number of aromatic nitrogens is 1. The highest BCUT2D eigenvalue weighted by molar-refractivity contribution is 5.76. The van der Waals surface area contributed by atoms with Gasteiger partial charge in [-0.15, -0.1) is 0 Å². The number of piperidine rings is 1. The number of carboxylic acids is 1. The predicted octanol–water partition coefficient (Wildman–Crippen LogP) is 1.03. The van der Waals surface area contributed by atoms with Crippen LogP contribution in [-0.4, -0.2) is 63.6 Å². The number of hydrogen-bond acceptors (Lipinski definition) is 4. The van der Waals surface area contributed by atoms with Gasteiger partial charge in [-0.3, -0.25) is 19.3 Å². The molecule has 1 atom stereocenters. The van der Waals surface area contributed by atoms with Crippen LogP contribution in [0.4, 0.5) is 0 Å².